The molecule has 0 atom stereocenters. The molecule has 4 rings (SSSR count). The molecule has 0 radical (unpaired) electrons. The summed E-state index contributed by atoms with van der Waals surface area (Å²) < 4.78 is 13.3. The van der Waals surface area contributed by atoms with Crippen LogP contribution in [-0.4, -0.2) is 20.0 Å². The summed E-state index contributed by atoms with van der Waals surface area (Å²) in [7, 11) is 0. The Morgan fingerprint density at radius 3 is 1.15 bits per heavy atom. The Morgan fingerprint density at radius 1 is 0.519 bits per heavy atom. The van der Waals surface area contributed by atoms with E-state index in [0.29, 0.717) is 23.4 Å². The first-order valence-electron chi connectivity index (χ1n) is 8.60. The van der Waals surface area contributed by atoms with Crippen LogP contribution in [-0.2, 0) is 0 Å². The number of nitrogens with zero attached hydrogens (tertiary/aromatic N) is 3. The van der Waals surface area contributed by atoms with Crippen molar-refractivity contribution in [3.63, 3.8) is 0 Å². The average Bonchev–Trinajstić information content (AvgIpc) is 2.69. The lowest BCUT2D eigenvalue weighted by atomic mass is 10.2. The molecule has 1 aliphatic rings. The summed E-state index contributed by atoms with van der Waals surface area (Å²) in [6.07, 6.45) is 0. The van der Waals surface area contributed by atoms with Gasteiger partial charge in [0.2, 0.25) is 0 Å². The number of rotatable bonds is 3. The van der Waals surface area contributed by atoms with E-state index in [4.69, 9.17) is 23.2 Å². The summed E-state index contributed by atoms with van der Waals surface area (Å²) >= 11 is 12.1. The summed E-state index contributed by atoms with van der Waals surface area (Å²) in [4.78, 5) is 6.70. The van der Waals surface area contributed by atoms with Gasteiger partial charge in [-0.05, 0) is 72.8 Å². The van der Waals surface area contributed by atoms with Crippen molar-refractivity contribution >= 4 is 40.3 Å². The van der Waals surface area contributed by atoms with Gasteiger partial charge < -0.3 is 14.7 Å². The second kappa shape index (κ2) is 7.67. The molecule has 0 N–H and O–H groups in total. The van der Waals surface area contributed by atoms with E-state index in [1.165, 1.54) is 12.1 Å². The highest BCUT2D eigenvalue weighted by Crippen LogP contribution is 2.28. The molecule has 0 aliphatic carbocycles. The highest BCUT2D eigenvalue weighted by molar-refractivity contribution is 6.30. The first-order chi connectivity index (χ1) is 13.1. The van der Waals surface area contributed by atoms with Crippen LogP contribution >= 0.6 is 23.2 Å². The molecule has 138 valence electrons. The zero-order valence-corrected chi connectivity index (χ0v) is 16.0. The molecule has 1 saturated heterocycles. The standard InChI is InChI=1S/C21H18Cl2FN3/c22-16-1-7-19(8-2-16)25-13-26(20-9-3-17(23)4-10-20)15-27(14-25)21-11-5-18(24)6-12-21/h1-12H,13-15H2. The van der Waals surface area contributed by atoms with Crippen LogP contribution in [0.1, 0.15) is 0 Å². The second-order valence-corrected chi connectivity index (χ2v) is 7.35. The van der Waals surface area contributed by atoms with Gasteiger partial charge in [-0.2, -0.15) is 0 Å². The van der Waals surface area contributed by atoms with Crippen molar-refractivity contribution < 1.29 is 4.39 Å². The lowest BCUT2D eigenvalue weighted by Gasteiger charge is -2.45. The van der Waals surface area contributed by atoms with Gasteiger partial charge in [-0.15, -0.1) is 0 Å². The van der Waals surface area contributed by atoms with E-state index in [-0.39, 0.29) is 5.82 Å². The van der Waals surface area contributed by atoms with Crippen LogP contribution in [0.15, 0.2) is 72.8 Å². The summed E-state index contributed by atoms with van der Waals surface area (Å²) in [5.41, 5.74) is 3.12. The fraction of sp³-hybridized carbons (Fsp3) is 0.143. The van der Waals surface area contributed by atoms with Crippen molar-refractivity contribution in [2.75, 3.05) is 34.7 Å². The van der Waals surface area contributed by atoms with Crippen LogP contribution in [0.5, 0.6) is 0 Å². The predicted octanol–water partition coefficient (Wildman–Crippen LogP) is 5.84. The molecule has 1 heterocycles. The molecular formula is C21H18Cl2FN3. The molecule has 0 saturated carbocycles. The molecular weight excluding hydrogens is 384 g/mol. The molecule has 3 aromatic rings. The molecule has 3 aromatic carbocycles. The minimum atomic E-state index is -0.236. The molecule has 0 unspecified atom stereocenters. The largest absolute Gasteiger partial charge is 0.336 e. The van der Waals surface area contributed by atoms with Crippen LogP contribution in [0.3, 0.4) is 0 Å². The van der Waals surface area contributed by atoms with Crippen LogP contribution in [0.2, 0.25) is 10.0 Å². The van der Waals surface area contributed by atoms with Crippen LogP contribution in [0, 0.1) is 5.82 Å². The zero-order chi connectivity index (χ0) is 18.8. The molecule has 0 amide bonds. The summed E-state index contributed by atoms with van der Waals surface area (Å²) in [5, 5.41) is 1.42. The quantitative estimate of drug-likeness (QED) is 0.545. The van der Waals surface area contributed by atoms with Crippen LogP contribution in [0.4, 0.5) is 21.5 Å². The van der Waals surface area contributed by atoms with E-state index in [9.17, 15) is 4.39 Å². The molecule has 1 fully saturated rings. The Morgan fingerprint density at radius 2 is 0.815 bits per heavy atom. The Hall–Kier alpha value is -2.43. The minimum Gasteiger partial charge on any atom is -0.336 e. The predicted molar refractivity (Wildman–Crippen MR) is 111 cm³/mol. The fourth-order valence-electron chi connectivity index (χ4n) is 3.20. The van der Waals surface area contributed by atoms with E-state index in [1.54, 1.807) is 12.1 Å². The Labute approximate surface area is 168 Å². The van der Waals surface area contributed by atoms with Gasteiger partial charge in [0.15, 0.2) is 0 Å². The van der Waals surface area contributed by atoms with Crippen LogP contribution < -0.4 is 14.7 Å². The van der Waals surface area contributed by atoms with Gasteiger partial charge in [-0.25, -0.2) is 4.39 Å². The number of benzene rings is 3. The molecule has 1 aliphatic heterocycles. The van der Waals surface area contributed by atoms with E-state index < -0.39 is 0 Å². The third kappa shape index (κ3) is 4.12. The number of halogens is 3. The first kappa shape index (κ1) is 18.0. The van der Waals surface area contributed by atoms with Gasteiger partial charge >= 0.3 is 0 Å². The molecule has 0 bridgehead atoms. The lowest BCUT2D eigenvalue weighted by Crippen LogP contribution is -2.55. The molecule has 3 nitrogen and oxygen atoms in total. The zero-order valence-electron chi connectivity index (χ0n) is 14.5. The Balaban J connectivity index is 1.66. The van der Waals surface area contributed by atoms with Gasteiger partial charge in [0, 0.05) is 27.1 Å². The Bertz CT molecular complexity index is 770. The van der Waals surface area contributed by atoms with Crippen molar-refractivity contribution in [3.8, 4) is 0 Å². The normalized spacial score (nSPS) is 14.6. The third-order valence-electron chi connectivity index (χ3n) is 4.60. The van der Waals surface area contributed by atoms with Crippen molar-refractivity contribution in [2.45, 2.75) is 0 Å². The smallest absolute Gasteiger partial charge is 0.123 e. The topological polar surface area (TPSA) is 9.72 Å². The summed E-state index contributed by atoms with van der Waals surface area (Å²) in [6.45, 7) is 2.11. The number of hydrogen-bond acceptors (Lipinski definition) is 3. The summed E-state index contributed by atoms with van der Waals surface area (Å²) in [5.74, 6) is -0.236. The maximum absolute atomic E-state index is 13.3. The Kier molecular flexibility index (Phi) is 5.10. The molecule has 27 heavy (non-hydrogen) atoms. The van der Waals surface area contributed by atoms with E-state index >= 15 is 0 Å². The van der Waals surface area contributed by atoms with Crippen molar-refractivity contribution in [2.24, 2.45) is 0 Å². The third-order valence-corrected chi connectivity index (χ3v) is 5.10. The van der Waals surface area contributed by atoms with Crippen LogP contribution in [0.25, 0.3) is 0 Å². The monoisotopic (exact) mass is 401 g/mol. The minimum absolute atomic E-state index is 0.236. The summed E-state index contributed by atoms with van der Waals surface area (Å²) in [6, 6.07) is 22.2. The maximum Gasteiger partial charge on any atom is 0.123 e. The second-order valence-electron chi connectivity index (χ2n) is 6.47. The lowest BCUT2D eigenvalue weighted by molar-refractivity contribution is 0.607. The van der Waals surface area contributed by atoms with Gasteiger partial charge in [0.1, 0.15) is 5.82 Å². The molecule has 0 aromatic heterocycles. The van der Waals surface area contributed by atoms with Gasteiger partial charge in [-0.3, -0.25) is 0 Å². The van der Waals surface area contributed by atoms with E-state index in [0.717, 1.165) is 23.7 Å². The molecule has 6 heteroatoms. The number of anilines is 3. The van der Waals surface area contributed by atoms with E-state index in [1.807, 2.05) is 48.5 Å². The van der Waals surface area contributed by atoms with Crippen molar-refractivity contribution in [3.05, 3.63) is 88.7 Å². The van der Waals surface area contributed by atoms with Crippen molar-refractivity contribution in [1.29, 1.82) is 0 Å². The van der Waals surface area contributed by atoms with Crippen molar-refractivity contribution in [1.82, 2.24) is 0 Å². The fourth-order valence-corrected chi connectivity index (χ4v) is 3.45. The highest BCUT2D eigenvalue weighted by atomic mass is 35.5. The highest BCUT2D eigenvalue weighted by Gasteiger charge is 2.24. The van der Waals surface area contributed by atoms with Gasteiger partial charge in [-0.1, -0.05) is 23.2 Å². The number of hydrogen-bond donors (Lipinski definition) is 0. The van der Waals surface area contributed by atoms with Gasteiger partial charge in [0.25, 0.3) is 0 Å². The van der Waals surface area contributed by atoms with E-state index in [2.05, 4.69) is 14.7 Å². The SMILES string of the molecule is Fc1ccc(N2CN(c3ccc(Cl)cc3)CN(c3ccc(Cl)cc3)C2)cc1. The molecule has 0 spiro atoms. The maximum atomic E-state index is 13.3. The van der Waals surface area contributed by atoms with Gasteiger partial charge in [0.05, 0.1) is 20.0 Å². The average molecular weight is 402 g/mol. The first-order valence-corrected chi connectivity index (χ1v) is 9.36.